The Morgan fingerprint density at radius 2 is 1.57 bits per heavy atom. The second kappa shape index (κ2) is 8.93. The van der Waals surface area contributed by atoms with Crippen molar-refractivity contribution < 1.29 is 9.59 Å². The van der Waals surface area contributed by atoms with Crippen LogP contribution in [0.25, 0.3) is 0 Å². The van der Waals surface area contributed by atoms with E-state index in [1.54, 1.807) is 0 Å². The monoisotopic (exact) mass is 399 g/mol. The number of anilines is 1. The zero-order chi connectivity index (χ0) is 20.9. The average molecular weight is 399 g/mol. The zero-order valence-corrected chi connectivity index (χ0v) is 16.9. The van der Waals surface area contributed by atoms with E-state index in [0.29, 0.717) is 18.7 Å². The first-order chi connectivity index (χ1) is 14.6. The van der Waals surface area contributed by atoms with E-state index in [1.165, 1.54) is 5.56 Å². The van der Waals surface area contributed by atoms with E-state index in [-0.39, 0.29) is 17.9 Å². The summed E-state index contributed by atoms with van der Waals surface area (Å²) >= 11 is 0. The van der Waals surface area contributed by atoms with Crippen molar-refractivity contribution in [2.75, 3.05) is 5.32 Å². The van der Waals surface area contributed by atoms with Crippen molar-refractivity contribution >= 4 is 17.5 Å². The molecule has 152 valence electrons. The van der Waals surface area contributed by atoms with E-state index in [4.69, 9.17) is 0 Å². The summed E-state index contributed by atoms with van der Waals surface area (Å²) in [5.74, 6) is -0.452. The third kappa shape index (κ3) is 4.58. The van der Waals surface area contributed by atoms with Crippen LogP contribution in [0.1, 0.15) is 28.3 Å². The molecule has 1 aliphatic rings. The van der Waals surface area contributed by atoms with Gasteiger partial charge in [0.05, 0.1) is 6.04 Å². The fourth-order valence-corrected chi connectivity index (χ4v) is 3.68. The lowest BCUT2D eigenvalue weighted by Gasteiger charge is -2.27. The fourth-order valence-electron chi connectivity index (χ4n) is 3.68. The molecule has 0 aliphatic carbocycles. The van der Waals surface area contributed by atoms with Crippen LogP contribution < -0.4 is 16.0 Å². The van der Waals surface area contributed by atoms with Gasteiger partial charge in [-0.15, -0.1) is 0 Å². The summed E-state index contributed by atoms with van der Waals surface area (Å²) in [6.07, 6.45) is 0.600. The summed E-state index contributed by atoms with van der Waals surface area (Å²) < 4.78 is 0. The summed E-state index contributed by atoms with van der Waals surface area (Å²) in [5.41, 5.74) is 4.93. The molecule has 0 aromatic heterocycles. The normalized spacial score (nSPS) is 16.2. The van der Waals surface area contributed by atoms with E-state index >= 15 is 0 Å². The molecule has 1 aliphatic heterocycles. The van der Waals surface area contributed by atoms with Crippen LogP contribution in [0.5, 0.6) is 0 Å². The molecule has 3 aromatic rings. The summed E-state index contributed by atoms with van der Waals surface area (Å²) in [5, 5.41) is 9.15. The highest BCUT2D eigenvalue weighted by Gasteiger charge is 2.29. The molecular weight excluding hydrogens is 374 g/mol. The number of aryl methyl sites for hydroxylation is 1. The largest absolute Gasteiger partial charge is 0.339 e. The zero-order valence-electron chi connectivity index (χ0n) is 16.9. The molecule has 0 saturated carbocycles. The molecule has 30 heavy (non-hydrogen) atoms. The Kier molecular flexibility index (Phi) is 5.91. The predicted molar refractivity (Wildman–Crippen MR) is 118 cm³/mol. The third-order valence-corrected chi connectivity index (χ3v) is 5.40. The van der Waals surface area contributed by atoms with E-state index in [1.807, 2.05) is 73.7 Å². The van der Waals surface area contributed by atoms with E-state index < -0.39 is 6.04 Å². The lowest BCUT2D eigenvalue weighted by molar-refractivity contribution is -0.128. The number of carbonyl (C=O) groups is 2. The van der Waals surface area contributed by atoms with Gasteiger partial charge in [-0.05, 0) is 42.2 Å². The van der Waals surface area contributed by atoms with Crippen LogP contribution in [0.3, 0.4) is 0 Å². The Labute approximate surface area is 176 Å². The number of nitrogens with one attached hydrogen (secondary N) is 3. The van der Waals surface area contributed by atoms with Crippen LogP contribution in [-0.2, 0) is 22.6 Å². The quantitative estimate of drug-likeness (QED) is 0.615. The molecule has 3 aromatic carbocycles. The van der Waals surface area contributed by atoms with Gasteiger partial charge in [0, 0.05) is 12.2 Å². The number of hydrogen-bond donors (Lipinski definition) is 3. The highest BCUT2D eigenvalue weighted by Crippen LogP contribution is 2.20. The number of carbonyl (C=O) groups excluding carboxylic acids is 2. The topological polar surface area (TPSA) is 70.2 Å². The molecule has 0 bridgehead atoms. The molecule has 1 heterocycles. The second-order valence-electron chi connectivity index (χ2n) is 7.61. The van der Waals surface area contributed by atoms with Gasteiger partial charge >= 0.3 is 0 Å². The molecule has 0 unspecified atom stereocenters. The Hall–Kier alpha value is -3.44. The van der Waals surface area contributed by atoms with Crippen molar-refractivity contribution in [2.45, 2.75) is 32.0 Å². The van der Waals surface area contributed by atoms with E-state index in [0.717, 1.165) is 16.7 Å². The molecule has 2 atom stereocenters. The Balaban J connectivity index is 1.51. The van der Waals surface area contributed by atoms with Crippen molar-refractivity contribution in [1.82, 2.24) is 10.6 Å². The standard InChI is InChI=1S/C25H25N3O2/c1-17-11-13-21(14-12-17)27-25(30)23(18-7-3-2-4-8-18)28-24(29)22-15-19-9-5-6-10-20(19)16-26-22/h2-14,22-23,26H,15-16H2,1H3,(H,27,30)(H,28,29)/t22-,23+/m0/s1. The maximum Gasteiger partial charge on any atom is 0.251 e. The summed E-state index contributed by atoms with van der Waals surface area (Å²) in [7, 11) is 0. The molecule has 5 nitrogen and oxygen atoms in total. The van der Waals surface area contributed by atoms with E-state index in [9.17, 15) is 9.59 Å². The summed E-state index contributed by atoms with van der Waals surface area (Å²) in [6, 6.07) is 23.9. The van der Waals surface area contributed by atoms with Crippen molar-refractivity contribution in [3.63, 3.8) is 0 Å². The number of hydrogen-bond acceptors (Lipinski definition) is 3. The number of fused-ring (bicyclic) bond motifs is 1. The van der Waals surface area contributed by atoms with Gasteiger partial charge in [0.25, 0.3) is 5.91 Å². The summed E-state index contributed by atoms with van der Waals surface area (Å²) in [6.45, 7) is 2.63. The Morgan fingerprint density at radius 1 is 0.900 bits per heavy atom. The van der Waals surface area contributed by atoms with Gasteiger partial charge < -0.3 is 16.0 Å². The third-order valence-electron chi connectivity index (χ3n) is 5.40. The van der Waals surface area contributed by atoms with Crippen molar-refractivity contribution in [3.05, 3.63) is 101 Å². The minimum Gasteiger partial charge on any atom is -0.339 e. The highest BCUT2D eigenvalue weighted by molar-refractivity contribution is 5.98. The van der Waals surface area contributed by atoms with Crippen LogP contribution in [0.2, 0.25) is 0 Å². The van der Waals surface area contributed by atoms with Gasteiger partial charge in [-0.2, -0.15) is 0 Å². The first kappa shape index (κ1) is 19.9. The Morgan fingerprint density at radius 3 is 2.30 bits per heavy atom. The minimum atomic E-state index is -0.779. The van der Waals surface area contributed by atoms with Crippen LogP contribution in [0.15, 0.2) is 78.9 Å². The van der Waals surface area contributed by atoms with Crippen LogP contribution in [0.4, 0.5) is 5.69 Å². The second-order valence-corrected chi connectivity index (χ2v) is 7.61. The minimum absolute atomic E-state index is 0.183. The highest BCUT2D eigenvalue weighted by atomic mass is 16.2. The molecule has 5 heteroatoms. The van der Waals surface area contributed by atoms with Gasteiger partial charge in [-0.25, -0.2) is 0 Å². The maximum absolute atomic E-state index is 13.1. The molecule has 0 spiro atoms. The van der Waals surface area contributed by atoms with Gasteiger partial charge in [0.1, 0.15) is 6.04 Å². The SMILES string of the molecule is Cc1ccc(NC(=O)[C@H](NC(=O)[C@@H]2Cc3ccccc3CN2)c2ccccc2)cc1. The smallest absolute Gasteiger partial charge is 0.251 e. The van der Waals surface area contributed by atoms with Crippen molar-refractivity contribution in [3.8, 4) is 0 Å². The summed E-state index contributed by atoms with van der Waals surface area (Å²) in [4.78, 5) is 26.1. The van der Waals surface area contributed by atoms with Gasteiger partial charge in [-0.1, -0.05) is 72.3 Å². The van der Waals surface area contributed by atoms with Gasteiger partial charge in [-0.3, -0.25) is 9.59 Å². The van der Waals surface area contributed by atoms with Crippen molar-refractivity contribution in [1.29, 1.82) is 0 Å². The molecule has 0 fully saturated rings. The molecule has 0 radical (unpaired) electrons. The lowest BCUT2D eigenvalue weighted by Crippen LogP contribution is -2.50. The predicted octanol–water partition coefficient (Wildman–Crippen LogP) is 3.51. The van der Waals surface area contributed by atoms with Crippen LogP contribution in [0, 0.1) is 6.92 Å². The first-order valence-corrected chi connectivity index (χ1v) is 10.1. The van der Waals surface area contributed by atoms with Gasteiger partial charge in [0.2, 0.25) is 5.91 Å². The van der Waals surface area contributed by atoms with Crippen molar-refractivity contribution in [2.24, 2.45) is 0 Å². The fraction of sp³-hybridized carbons (Fsp3) is 0.200. The number of benzene rings is 3. The molecule has 2 amide bonds. The van der Waals surface area contributed by atoms with Gasteiger partial charge in [0.15, 0.2) is 0 Å². The maximum atomic E-state index is 13.1. The number of rotatable bonds is 5. The Bertz CT molecular complexity index is 1030. The van der Waals surface area contributed by atoms with Crippen LogP contribution >= 0.6 is 0 Å². The number of amides is 2. The van der Waals surface area contributed by atoms with E-state index in [2.05, 4.69) is 28.1 Å². The molecule has 4 rings (SSSR count). The molecular formula is C25H25N3O2. The molecule has 3 N–H and O–H groups in total. The lowest BCUT2D eigenvalue weighted by atomic mass is 9.95. The molecule has 0 saturated heterocycles. The average Bonchev–Trinajstić information content (AvgIpc) is 2.79. The first-order valence-electron chi connectivity index (χ1n) is 10.1. The van der Waals surface area contributed by atoms with Crippen LogP contribution in [-0.4, -0.2) is 17.9 Å².